The highest BCUT2D eigenvalue weighted by Crippen LogP contribution is 2.32. The van der Waals surface area contributed by atoms with Gasteiger partial charge in [-0.25, -0.2) is 0 Å². The van der Waals surface area contributed by atoms with Gasteiger partial charge in [-0.2, -0.15) is 0 Å². The second kappa shape index (κ2) is 7.25. The number of amides is 1. The Kier molecular flexibility index (Phi) is 5.33. The van der Waals surface area contributed by atoms with Crippen LogP contribution in [0.1, 0.15) is 21.7 Å². The highest BCUT2D eigenvalue weighted by Gasteiger charge is 2.24. The van der Waals surface area contributed by atoms with Crippen LogP contribution in [0.5, 0.6) is 0 Å². The number of nitrogens with zero attached hydrogens (tertiary/aromatic N) is 1. The van der Waals surface area contributed by atoms with Crippen molar-refractivity contribution in [3.05, 3.63) is 55.1 Å². The summed E-state index contributed by atoms with van der Waals surface area (Å²) in [5, 5.41) is 3.14. The van der Waals surface area contributed by atoms with Gasteiger partial charge >= 0.3 is 0 Å². The van der Waals surface area contributed by atoms with Gasteiger partial charge in [0.15, 0.2) is 0 Å². The summed E-state index contributed by atoms with van der Waals surface area (Å²) in [4.78, 5) is 15.4. The molecule has 1 unspecified atom stereocenters. The van der Waals surface area contributed by atoms with Crippen molar-refractivity contribution in [2.45, 2.75) is 19.0 Å². The molecule has 3 rings (SSSR count). The first-order chi connectivity index (χ1) is 10.6. The Morgan fingerprint density at radius 3 is 2.77 bits per heavy atom. The summed E-state index contributed by atoms with van der Waals surface area (Å²) in [5.41, 5.74) is 1.32. The van der Waals surface area contributed by atoms with E-state index in [9.17, 15) is 4.79 Å². The Balaban J connectivity index is 1.53. The number of rotatable bonds is 4. The molecule has 1 N–H and O–H groups in total. The van der Waals surface area contributed by atoms with Crippen LogP contribution in [0.3, 0.4) is 0 Å². The van der Waals surface area contributed by atoms with Crippen molar-refractivity contribution in [1.29, 1.82) is 0 Å². The molecule has 0 bridgehead atoms. The molecule has 22 heavy (non-hydrogen) atoms. The van der Waals surface area contributed by atoms with Crippen molar-refractivity contribution in [1.82, 2.24) is 10.2 Å². The van der Waals surface area contributed by atoms with Gasteiger partial charge in [-0.3, -0.25) is 9.69 Å². The maximum atomic E-state index is 12.3. The number of thiophene rings is 1. The molecule has 0 radical (unpaired) electrons. The van der Waals surface area contributed by atoms with Gasteiger partial charge in [-0.05, 0) is 49.9 Å². The SMILES string of the molecule is O=C(NC1CCN(Cc2ccccc2)C1)c1cc(Br)c(Br)s1. The Morgan fingerprint density at radius 1 is 1.32 bits per heavy atom. The molecule has 0 spiro atoms. The van der Waals surface area contributed by atoms with E-state index in [1.807, 2.05) is 12.1 Å². The van der Waals surface area contributed by atoms with Gasteiger partial charge in [0.2, 0.25) is 0 Å². The van der Waals surface area contributed by atoms with Crippen LogP contribution in [-0.2, 0) is 6.54 Å². The Labute approximate surface area is 151 Å². The molecule has 1 amide bonds. The molecule has 1 saturated heterocycles. The van der Waals surface area contributed by atoms with E-state index >= 15 is 0 Å². The van der Waals surface area contributed by atoms with Gasteiger partial charge in [0, 0.05) is 30.1 Å². The van der Waals surface area contributed by atoms with E-state index in [4.69, 9.17) is 0 Å². The van der Waals surface area contributed by atoms with E-state index < -0.39 is 0 Å². The average molecular weight is 444 g/mol. The number of likely N-dealkylation sites (tertiary alicyclic amines) is 1. The minimum Gasteiger partial charge on any atom is -0.347 e. The van der Waals surface area contributed by atoms with E-state index in [1.54, 1.807) is 0 Å². The maximum absolute atomic E-state index is 12.3. The molecule has 1 aliphatic rings. The van der Waals surface area contributed by atoms with E-state index in [0.29, 0.717) is 0 Å². The monoisotopic (exact) mass is 442 g/mol. The second-order valence-corrected chi connectivity index (χ2v) is 8.64. The third kappa shape index (κ3) is 3.98. The molecule has 3 nitrogen and oxygen atoms in total. The number of carbonyl (C=O) groups excluding carboxylic acids is 1. The van der Waals surface area contributed by atoms with Crippen LogP contribution in [-0.4, -0.2) is 29.9 Å². The third-order valence-electron chi connectivity index (χ3n) is 3.73. The minimum absolute atomic E-state index is 0.0166. The van der Waals surface area contributed by atoms with E-state index in [0.717, 1.165) is 39.2 Å². The summed E-state index contributed by atoms with van der Waals surface area (Å²) < 4.78 is 1.88. The summed E-state index contributed by atoms with van der Waals surface area (Å²) >= 11 is 8.30. The molecule has 1 aliphatic heterocycles. The summed E-state index contributed by atoms with van der Waals surface area (Å²) in [6.07, 6.45) is 1.01. The fraction of sp³-hybridized carbons (Fsp3) is 0.312. The molecule has 1 fully saturated rings. The van der Waals surface area contributed by atoms with Crippen LogP contribution in [0.15, 0.2) is 44.7 Å². The molecule has 1 aromatic heterocycles. The second-order valence-electron chi connectivity index (χ2n) is 5.41. The van der Waals surface area contributed by atoms with Gasteiger partial charge in [-0.1, -0.05) is 30.3 Å². The molecule has 1 atom stereocenters. The molecular formula is C16H16Br2N2OS. The molecule has 2 heterocycles. The lowest BCUT2D eigenvalue weighted by Gasteiger charge is -2.16. The summed E-state index contributed by atoms with van der Waals surface area (Å²) in [6, 6.07) is 12.6. The largest absolute Gasteiger partial charge is 0.347 e. The standard InChI is InChI=1S/C16H16Br2N2OS/c17-13-8-14(22-15(13)18)16(21)19-12-6-7-20(10-12)9-11-4-2-1-3-5-11/h1-5,8,12H,6-7,9-10H2,(H,19,21). The van der Waals surface area contributed by atoms with Crippen molar-refractivity contribution < 1.29 is 4.79 Å². The van der Waals surface area contributed by atoms with Crippen LogP contribution < -0.4 is 5.32 Å². The predicted molar refractivity (Wildman–Crippen MR) is 97.3 cm³/mol. The molecule has 0 aliphatic carbocycles. The van der Waals surface area contributed by atoms with E-state index in [2.05, 4.69) is 66.3 Å². The van der Waals surface area contributed by atoms with E-state index in [-0.39, 0.29) is 11.9 Å². The molecule has 116 valence electrons. The molecule has 6 heteroatoms. The zero-order valence-electron chi connectivity index (χ0n) is 11.9. The third-order valence-corrected chi connectivity index (χ3v) is 6.98. The zero-order valence-corrected chi connectivity index (χ0v) is 15.9. The van der Waals surface area contributed by atoms with Crippen molar-refractivity contribution in [3.63, 3.8) is 0 Å². The molecule has 0 saturated carbocycles. The number of halogens is 2. The topological polar surface area (TPSA) is 32.3 Å². The number of hydrogen-bond acceptors (Lipinski definition) is 3. The molecular weight excluding hydrogens is 428 g/mol. The fourth-order valence-electron chi connectivity index (χ4n) is 2.65. The minimum atomic E-state index is 0.0166. The first-order valence-electron chi connectivity index (χ1n) is 7.14. The molecule has 1 aromatic carbocycles. The lowest BCUT2D eigenvalue weighted by molar-refractivity contribution is 0.0941. The highest BCUT2D eigenvalue weighted by atomic mass is 79.9. The van der Waals surface area contributed by atoms with Crippen molar-refractivity contribution in [2.75, 3.05) is 13.1 Å². The lowest BCUT2D eigenvalue weighted by Crippen LogP contribution is -2.36. The first-order valence-corrected chi connectivity index (χ1v) is 9.54. The fourth-order valence-corrected chi connectivity index (χ4v) is 4.59. The number of hydrogen-bond donors (Lipinski definition) is 1. The Morgan fingerprint density at radius 2 is 2.09 bits per heavy atom. The first kappa shape index (κ1) is 16.2. The van der Waals surface area contributed by atoms with Crippen LogP contribution in [0.4, 0.5) is 0 Å². The predicted octanol–water partition coefficient (Wildman–Crippen LogP) is 4.28. The lowest BCUT2D eigenvalue weighted by atomic mass is 10.2. The van der Waals surface area contributed by atoms with Gasteiger partial charge in [-0.15, -0.1) is 11.3 Å². The Hall–Kier alpha value is -0.690. The van der Waals surface area contributed by atoms with Crippen LogP contribution in [0, 0.1) is 0 Å². The molecule has 2 aromatic rings. The van der Waals surface area contributed by atoms with Crippen molar-refractivity contribution in [2.24, 2.45) is 0 Å². The Bertz CT molecular complexity index is 640. The summed E-state index contributed by atoms with van der Waals surface area (Å²) in [6.45, 7) is 2.88. The smallest absolute Gasteiger partial charge is 0.261 e. The van der Waals surface area contributed by atoms with Crippen molar-refractivity contribution in [3.8, 4) is 0 Å². The van der Waals surface area contributed by atoms with E-state index in [1.165, 1.54) is 16.9 Å². The number of benzene rings is 1. The van der Waals surface area contributed by atoms with Gasteiger partial charge in [0.1, 0.15) is 0 Å². The van der Waals surface area contributed by atoms with Gasteiger partial charge in [0.05, 0.1) is 8.66 Å². The van der Waals surface area contributed by atoms with Crippen molar-refractivity contribution >= 4 is 49.1 Å². The number of nitrogens with one attached hydrogen (secondary N) is 1. The van der Waals surface area contributed by atoms with Crippen LogP contribution in [0.2, 0.25) is 0 Å². The van der Waals surface area contributed by atoms with Gasteiger partial charge in [0.25, 0.3) is 5.91 Å². The highest BCUT2D eigenvalue weighted by molar-refractivity contribution is 9.13. The van der Waals surface area contributed by atoms with Crippen LogP contribution in [0.25, 0.3) is 0 Å². The normalized spacial score (nSPS) is 18.5. The summed E-state index contributed by atoms with van der Waals surface area (Å²) in [7, 11) is 0. The quantitative estimate of drug-likeness (QED) is 0.764. The summed E-state index contributed by atoms with van der Waals surface area (Å²) in [5.74, 6) is 0.0166. The zero-order chi connectivity index (χ0) is 15.5. The van der Waals surface area contributed by atoms with Crippen LogP contribution >= 0.6 is 43.2 Å². The van der Waals surface area contributed by atoms with Gasteiger partial charge < -0.3 is 5.32 Å². The maximum Gasteiger partial charge on any atom is 0.261 e. The number of carbonyl (C=O) groups is 1. The average Bonchev–Trinajstić information content (AvgIpc) is 3.07.